The van der Waals surface area contributed by atoms with Gasteiger partial charge in [-0.25, -0.2) is 0 Å². The molecule has 0 unspecified atom stereocenters. The summed E-state index contributed by atoms with van der Waals surface area (Å²) in [5.74, 6) is 0.940. The summed E-state index contributed by atoms with van der Waals surface area (Å²) in [6.07, 6.45) is 1.17. The first-order valence-electron chi connectivity index (χ1n) is 9.48. The molecule has 0 saturated heterocycles. The van der Waals surface area contributed by atoms with Gasteiger partial charge in [-0.15, -0.1) is 0 Å². The molecule has 3 aromatic carbocycles. The second kappa shape index (κ2) is 8.23. The number of hydrogen-bond donors (Lipinski definition) is 2. The van der Waals surface area contributed by atoms with Gasteiger partial charge in [-0.05, 0) is 34.6 Å². The van der Waals surface area contributed by atoms with E-state index < -0.39 is 0 Å². The summed E-state index contributed by atoms with van der Waals surface area (Å²) >= 11 is 0. The molecule has 0 aliphatic carbocycles. The zero-order valence-electron chi connectivity index (χ0n) is 15.3. The first kappa shape index (κ1) is 17.6. The molecule has 1 aliphatic rings. The van der Waals surface area contributed by atoms with Crippen LogP contribution in [0.5, 0.6) is 5.75 Å². The van der Waals surface area contributed by atoms with Gasteiger partial charge in [-0.1, -0.05) is 54.6 Å². The van der Waals surface area contributed by atoms with E-state index >= 15 is 0 Å². The number of rotatable bonds is 7. The van der Waals surface area contributed by atoms with Gasteiger partial charge in [0, 0.05) is 31.4 Å². The van der Waals surface area contributed by atoms with E-state index in [1.807, 2.05) is 24.3 Å². The van der Waals surface area contributed by atoms with Gasteiger partial charge in [-0.3, -0.25) is 4.79 Å². The lowest BCUT2D eigenvalue weighted by atomic mass is 10.1. The molecule has 3 aromatic rings. The quantitative estimate of drug-likeness (QED) is 0.628. The highest BCUT2D eigenvalue weighted by Gasteiger charge is 2.10. The van der Waals surface area contributed by atoms with E-state index in [-0.39, 0.29) is 5.91 Å². The van der Waals surface area contributed by atoms with Crippen molar-refractivity contribution in [3.8, 4) is 5.75 Å². The smallest absolute Gasteiger partial charge is 0.220 e. The minimum atomic E-state index is 0.0649. The highest BCUT2D eigenvalue weighted by Crippen LogP contribution is 2.25. The second-order valence-corrected chi connectivity index (χ2v) is 6.91. The summed E-state index contributed by atoms with van der Waals surface area (Å²) in [6, 6.07) is 20.6. The molecule has 0 fully saturated rings. The molecule has 4 heteroatoms. The van der Waals surface area contributed by atoms with Crippen molar-refractivity contribution in [1.29, 1.82) is 0 Å². The van der Waals surface area contributed by atoms with Crippen LogP contribution in [0.4, 0.5) is 0 Å². The fraction of sp³-hybridized carbons (Fsp3) is 0.261. The van der Waals surface area contributed by atoms with Gasteiger partial charge in [0.25, 0.3) is 0 Å². The van der Waals surface area contributed by atoms with Gasteiger partial charge in [0.2, 0.25) is 5.91 Å². The van der Waals surface area contributed by atoms with Crippen LogP contribution in [-0.4, -0.2) is 12.5 Å². The maximum Gasteiger partial charge on any atom is 0.220 e. The molecule has 0 spiro atoms. The van der Waals surface area contributed by atoms with Gasteiger partial charge in [-0.2, -0.15) is 0 Å². The fourth-order valence-electron chi connectivity index (χ4n) is 3.48. The number of fused-ring (bicyclic) bond motifs is 2. The summed E-state index contributed by atoms with van der Waals surface area (Å²) in [5, 5.41) is 8.61. The summed E-state index contributed by atoms with van der Waals surface area (Å²) in [6.45, 7) is 2.98. The van der Waals surface area contributed by atoms with Crippen molar-refractivity contribution in [2.75, 3.05) is 6.61 Å². The molecule has 0 bridgehead atoms. The van der Waals surface area contributed by atoms with Crippen molar-refractivity contribution in [2.24, 2.45) is 0 Å². The molecule has 0 aromatic heterocycles. The van der Waals surface area contributed by atoms with Crippen LogP contribution < -0.4 is 15.4 Å². The SMILES string of the molecule is O=C(CCCOc1cccc2ccccc12)NCc1ccc2c(c1)CNC2. The van der Waals surface area contributed by atoms with Crippen LogP contribution in [0.25, 0.3) is 10.8 Å². The maximum atomic E-state index is 12.1. The topological polar surface area (TPSA) is 50.4 Å². The average Bonchev–Trinajstić information content (AvgIpc) is 3.17. The van der Waals surface area contributed by atoms with Gasteiger partial charge in [0.1, 0.15) is 5.75 Å². The Bertz CT molecular complexity index is 947. The maximum absolute atomic E-state index is 12.1. The summed E-state index contributed by atoms with van der Waals surface area (Å²) in [4.78, 5) is 12.1. The monoisotopic (exact) mass is 360 g/mol. The van der Waals surface area contributed by atoms with Gasteiger partial charge >= 0.3 is 0 Å². The third kappa shape index (κ3) is 4.29. The molecule has 27 heavy (non-hydrogen) atoms. The summed E-state index contributed by atoms with van der Waals surface area (Å²) in [7, 11) is 0. The predicted octanol–water partition coefficient (Wildman–Crippen LogP) is 3.92. The number of amides is 1. The number of ether oxygens (including phenoxy) is 1. The zero-order valence-corrected chi connectivity index (χ0v) is 15.3. The minimum absolute atomic E-state index is 0.0649. The lowest BCUT2D eigenvalue weighted by Gasteiger charge is -2.10. The van der Waals surface area contributed by atoms with Crippen LogP contribution >= 0.6 is 0 Å². The Morgan fingerprint density at radius 2 is 1.85 bits per heavy atom. The normalized spacial score (nSPS) is 12.7. The molecule has 0 saturated carbocycles. The summed E-state index contributed by atoms with van der Waals surface area (Å²) in [5.41, 5.74) is 3.85. The average molecular weight is 360 g/mol. The van der Waals surface area contributed by atoms with Crippen LogP contribution in [0.1, 0.15) is 29.5 Å². The minimum Gasteiger partial charge on any atom is -0.493 e. The van der Waals surface area contributed by atoms with E-state index in [2.05, 4.69) is 47.0 Å². The number of benzene rings is 3. The van der Waals surface area contributed by atoms with E-state index in [4.69, 9.17) is 4.74 Å². The lowest BCUT2D eigenvalue weighted by molar-refractivity contribution is -0.121. The Kier molecular flexibility index (Phi) is 5.35. The molecule has 138 valence electrons. The Hall–Kier alpha value is -2.85. The van der Waals surface area contributed by atoms with Crippen molar-refractivity contribution in [3.63, 3.8) is 0 Å². The highest BCUT2D eigenvalue weighted by atomic mass is 16.5. The van der Waals surface area contributed by atoms with E-state index in [1.165, 1.54) is 11.1 Å². The molecular formula is C23H24N2O2. The van der Waals surface area contributed by atoms with E-state index in [0.29, 0.717) is 26.0 Å². The number of nitrogens with one attached hydrogen (secondary N) is 2. The van der Waals surface area contributed by atoms with Gasteiger partial charge < -0.3 is 15.4 Å². The first-order chi connectivity index (χ1) is 13.3. The van der Waals surface area contributed by atoms with E-state index in [0.717, 1.165) is 35.2 Å². The van der Waals surface area contributed by atoms with E-state index in [1.54, 1.807) is 0 Å². The fourth-order valence-corrected chi connectivity index (χ4v) is 3.48. The molecule has 1 heterocycles. The van der Waals surface area contributed by atoms with Gasteiger partial charge in [0.15, 0.2) is 0 Å². The summed E-state index contributed by atoms with van der Waals surface area (Å²) < 4.78 is 5.90. The van der Waals surface area contributed by atoms with Crippen LogP contribution in [0.2, 0.25) is 0 Å². The molecular weight excluding hydrogens is 336 g/mol. The molecule has 1 amide bonds. The van der Waals surface area contributed by atoms with Crippen LogP contribution in [0.15, 0.2) is 60.7 Å². The number of carbonyl (C=O) groups is 1. The predicted molar refractivity (Wildman–Crippen MR) is 108 cm³/mol. The Labute approximate surface area is 159 Å². The van der Waals surface area contributed by atoms with Crippen molar-refractivity contribution in [3.05, 3.63) is 77.4 Å². The molecule has 2 N–H and O–H groups in total. The number of carbonyl (C=O) groups excluding carboxylic acids is 1. The van der Waals surface area contributed by atoms with Crippen LogP contribution in [0.3, 0.4) is 0 Å². The molecule has 0 radical (unpaired) electrons. The molecule has 4 rings (SSSR count). The van der Waals surface area contributed by atoms with Crippen molar-refractivity contribution < 1.29 is 9.53 Å². The third-order valence-corrected chi connectivity index (χ3v) is 4.95. The van der Waals surface area contributed by atoms with Crippen molar-refractivity contribution >= 4 is 16.7 Å². The molecule has 4 nitrogen and oxygen atoms in total. The second-order valence-electron chi connectivity index (χ2n) is 6.91. The van der Waals surface area contributed by atoms with Crippen molar-refractivity contribution in [2.45, 2.75) is 32.5 Å². The van der Waals surface area contributed by atoms with Crippen LogP contribution in [0, 0.1) is 0 Å². The standard InChI is InChI=1S/C23H24N2O2/c26-23(25-14-17-10-11-19-15-24-16-20(19)13-17)9-4-12-27-22-8-3-6-18-5-1-2-7-21(18)22/h1-3,5-8,10-11,13,24H,4,9,12,14-16H2,(H,25,26). The highest BCUT2D eigenvalue weighted by molar-refractivity contribution is 5.88. The Morgan fingerprint density at radius 1 is 1.00 bits per heavy atom. The van der Waals surface area contributed by atoms with E-state index in [9.17, 15) is 4.79 Å². The lowest BCUT2D eigenvalue weighted by Crippen LogP contribution is -2.23. The number of hydrogen-bond acceptors (Lipinski definition) is 3. The zero-order chi connectivity index (χ0) is 18.5. The largest absolute Gasteiger partial charge is 0.493 e. The van der Waals surface area contributed by atoms with Gasteiger partial charge in [0.05, 0.1) is 6.61 Å². The van der Waals surface area contributed by atoms with Crippen LogP contribution in [-0.2, 0) is 24.4 Å². The Morgan fingerprint density at radius 3 is 2.81 bits per heavy atom. The molecule has 0 atom stereocenters. The first-order valence-corrected chi connectivity index (χ1v) is 9.48. The molecule has 1 aliphatic heterocycles. The third-order valence-electron chi connectivity index (χ3n) is 4.95. The Balaban J connectivity index is 1.22. The van der Waals surface area contributed by atoms with Crippen molar-refractivity contribution in [1.82, 2.24) is 10.6 Å².